The summed E-state index contributed by atoms with van der Waals surface area (Å²) in [5.74, 6) is 0.663. The predicted octanol–water partition coefficient (Wildman–Crippen LogP) is 3.71. The fourth-order valence-electron chi connectivity index (χ4n) is 5.19. The van der Waals surface area contributed by atoms with Gasteiger partial charge in [0.05, 0.1) is 22.8 Å². The lowest BCUT2D eigenvalue weighted by Gasteiger charge is -2.33. The van der Waals surface area contributed by atoms with Gasteiger partial charge in [-0.05, 0) is 52.4 Å². The average molecular weight is 543 g/mol. The second kappa shape index (κ2) is 11.6. The van der Waals surface area contributed by atoms with Crippen LogP contribution in [0.25, 0.3) is 22.3 Å². The zero-order valence-electron chi connectivity index (χ0n) is 24.0. The van der Waals surface area contributed by atoms with Crippen LogP contribution >= 0.6 is 0 Å². The Hall–Kier alpha value is -4.05. The molecule has 0 radical (unpaired) electrons. The zero-order chi connectivity index (χ0) is 28.4. The number of H-pyrrole nitrogens is 1. The molecule has 0 atom stereocenters. The lowest BCUT2D eigenvalue weighted by atomic mass is 10.1. The van der Waals surface area contributed by atoms with E-state index in [1.54, 1.807) is 18.3 Å². The van der Waals surface area contributed by atoms with Gasteiger partial charge in [0.15, 0.2) is 11.1 Å². The number of hydrogen-bond acceptors (Lipinski definition) is 7. The standard InChI is InChI=1S/C30H38N8O2/c1-6-7-25-24(27(39)14-20(4)34-25)17-32-30(40)22-15-26(35-29-23(22)18-33-38(29)19(2)3)21-8-9-28(31-16-21)37-12-10-36(5)11-13-37/h8-9,14-16,18-19H,6-7,10-13,17H2,1-5H3,(H,32,40)(H,34,39). The highest BCUT2D eigenvalue weighted by atomic mass is 16.1. The summed E-state index contributed by atoms with van der Waals surface area (Å²) in [5, 5.41) is 8.19. The lowest BCUT2D eigenvalue weighted by molar-refractivity contribution is 0.0952. The average Bonchev–Trinajstić information content (AvgIpc) is 3.37. The Labute approximate surface area is 234 Å². The molecule has 4 aromatic heterocycles. The molecule has 10 heteroatoms. The van der Waals surface area contributed by atoms with Crippen LogP contribution in [0.3, 0.4) is 0 Å². The molecule has 1 amide bonds. The van der Waals surface area contributed by atoms with Crippen molar-refractivity contribution in [2.75, 3.05) is 38.1 Å². The van der Waals surface area contributed by atoms with Crippen LogP contribution in [0.1, 0.15) is 60.5 Å². The van der Waals surface area contributed by atoms with Gasteiger partial charge >= 0.3 is 0 Å². The van der Waals surface area contributed by atoms with Gasteiger partial charge in [0.1, 0.15) is 5.82 Å². The molecule has 0 saturated carbocycles. The topological polar surface area (TPSA) is 112 Å². The van der Waals surface area contributed by atoms with Crippen LogP contribution in [0.5, 0.6) is 0 Å². The fraction of sp³-hybridized carbons (Fsp3) is 0.433. The molecule has 210 valence electrons. The van der Waals surface area contributed by atoms with E-state index < -0.39 is 0 Å². The predicted molar refractivity (Wildman–Crippen MR) is 158 cm³/mol. The van der Waals surface area contributed by atoms with Gasteiger partial charge < -0.3 is 20.1 Å². The van der Waals surface area contributed by atoms with Gasteiger partial charge in [-0.2, -0.15) is 5.10 Å². The molecule has 0 aromatic carbocycles. The molecule has 0 unspecified atom stereocenters. The molecule has 0 aliphatic carbocycles. The molecule has 5 rings (SSSR count). The van der Waals surface area contributed by atoms with Crippen molar-refractivity contribution >= 4 is 22.8 Å². The summed E-state index contributed by atoms with van der Waals surface area (Å²) in [5.41, 5.74) is 4.79. The van der Waals surface area contributed by atoms with Crippen molar-refractivity contribution in [2.24, 2.45) is 0 Å². The number of fused-ring (bicyclic) bond motifs is 1. The maximum atomic E-state index is 13.6. The number of aromatic nitrogens is 5. The van der Waals surface area contributed by atoms with Gasteiger partial charge in [-0.3, -0.25) is 9.59 Å². The van der Waals surface area contributed by atoms with Gasteiger partial charge in [0.25, 0.3) is 5.91 Å². The Balaban J connectivity index is 1.47. The van der Waals surface area contributed by atoms with E-state index in [-0.39, 0.29) is 23.9 Å². The molecule has 2 N–H and O–H groups in total. The summed E-state index contributed by atoms with van der Waals surface area (Å²) in [6.07, 6.45) is 5.15. The highest BCUT2D eigenvalue weighted by Gasteiger charge is 2.20. The van der Waals surface area contributed by atoms with E-state index in [9.17, 15) is 9.59 Å². The van der Waals surface area contributed by atoms with E-state index in [1.807, 2.05) is 43.8 Å². The Morgan fingerprint density at radius 3 is 2.58 bits per heavy atom. The first-order valence-electron chi connectivity index (χ1n) is 14.0. The molecule has 1 aliphatic heterocycles. The van der Waals surface area contributed by atoms with Gasteiger partial charge in [0.2, 0.25) is 0 Å². The maximum absolute atomic E-state index is 13.6. The summed E-state index contributed by atoms with van der Waals surface area (Å²) >= 11 is 0. The number of nitrogens with one attached hydrogen (secondary N) is 2. The first kappa shape index (κ1) is 27.5. The molecular weight excluding hydrogens is 504 g/mol. The number of carbonyl (C=O) groups is 1. The smallest absolute Gasteiger partial charge is 0.252 e. The number of carbonyl (C=O) groups excluding carboxylic acids is 1. The molecule has 1 fully saturated rings. The number of nitrogens with zero attached hydrogens (tertiary/aromatic N) is 6. The lowest BCUT2D eigenvalue weighted by Crippen LogP contribution is -2.44. The van der Waals surface area contributed by atoms with Crippen LogP contribution < -0.4 is 15.6 Å². The van der Waals surface area contributed by atoms with Gasteiger partial charge in [-0.15, -0.1) is 0 Å². The number of aryl methyl sites for hydroxylation is 2. The number of pyridine rings is 3. The third-order valence-electron chi connectivity index (χ3n) is 7.45. The van der Waals surface area contributed by atoms with Gasteiger partial charge in [0, 0.05) is 73.5 Å². The quantitative estimate of drug-likeness (QED) is 0.349. The second-order valence-corrected chi connectivity index (χ2v) is 10.9. The molecule has 10 nitrogen and oxygen atoms in total. The summed E-state index contributed by atoms with van der Waals surface area (Å²) in [6.45, 7) is 12.0. The molecule has 1 aliphatic rings. The molecule has 0 bridgehead atoms. The van der Waals surface area contributed by atoms with Crippen LogP contribution in [0, 0.1) is 6.92 Å². The van der Waals surface area contributed by atoms with Crippen LogP contribution in [0.4, 0.5) is 5.82 Å². The van der Waals surface area contributed by atoms with Crippen molar-refractivity contribution in [1.29, 1.82) is 0 Å². The Bertz CT molecular complexity index is 1560. The highest BCUT2D eigenvalue weighted by molar-refractivity contribution is 6.06. The van der Waals surface area contributed by atoms with Crippen LogP contribution in [-0.4, -0.2) is 68.8 Å². The first-order chi connectivity index (χ1) is 19.2. The van der Waals surface area contributed by atoms with Gasteiger partial charge in [-0.1, -0.05) is 13.3 Å². The monoisotopic (exact) mass is 542 g/mol. The third-order valence-corrected chi connectivity index (χ3v) is 7.45. The number of piperazine rings is 1. The number of likely N-dealkylation sites (N-methyl/N-ethyl adjacent to an activating group) is 1. The van der Waals surface area contributed by atoms with E-state index in [2.05, 4.69) is 39.2 Å². The van der Waals surface area contributed by atoms with Crippen LogP contribution in [0.15, 0.2) is 41.5 Å². The Morgan fingerprint density at radius 1 is 1.12 bits per heavy atom. The number of anilines is 1. The van der Waals surface area contributed by atoms with Crippen molar-refractivity contribution in [3.63, 3.8) is 0 Å². The second-order valence-electron chi connectivity index (χ2n) is 10.9. The number of aromatic amines is 1. The Kier molecular flexibility index (Phi) is 7.97. The van der Waals surface area contributed by atoms with E-state index >= 15 is 0 Å². The molecule has 0 spiro atoms. The summed E-state index contributed by atoms with van der Waals surface area (Å²) in [6, 6.07) is 7.47. The highest BCUT2D eigenvalue weighted by Crippen LogP contribution is 2.27. The minimum absolute atomic E-state index is 0.0663. The zero-order valence-corrected chi connectivity index (χ0v) is 24.0. The van der Waals surface area contributed by atoms with Crippen LogP contribution in [-0.2, 0) is 13.0 Å². The van der Waals surface area contributed by atoms with E-state index in [0.717, 1.165) is 61.8 Å². The first-order valence-corrected chi connectivity index (χ1v) is 14.0. The molecule has 5 heterocycles. The van der Waals surface area contributed by atoms with Crippen molar-refractivity contribution in [3.05, 3.63) is 69.4 Å². The minimum atomic E-state index is -0.276. The summed E-state index contributed by atoms with van der Waals surface area (Å²) in [7, 11) is 2.13. The fourth-order valence-corrected chi connectivity index (χ4v) is 5.19. The van der Waals surface area contributed by atoms with E-state index in [0.29, 0.717) is 27.9 Å². The summed E-state index contributed by atoms with van der Waals surface area (Å²) < 4.78 is 1.83. The van der Waals surface area contributed by atoms with Crippen molar-refractivity contribution < 1.29 is 4.79 Å². The molecule has 1 saturated heterocycles. The number of amides is 1. The number of rotatable bonds is 8. The van der Waals surface area contributed by atoms with Crippen LogP contribution in [0.2, 0.25) is 0 Å². The summed E-state index contributed by atoms with van der Waals surface area (Å²) in [4.78, 5) is 43.9. The normalized spacial score (nSPS) is 14.3. The van der Waals surface area contributed by atoms with Crippen molar-refractivity contribution in [2.45, 2.75) is 53.1 Å². The SMILES string of the molecule is CCCc1[nH]c(C)cc(=O)c1CNC(=O)c1cc(-c2ccc(N3CCN(C)CC3)nc2)nc2c1cnn2C(C)C. The number of hydrogen-bond donors (Lipinski definition) is 2. The third kappa shape index (κ3) is 5.62. The van der Waals surface area contributed by atoms with E-state index in [4.69, 9.17) is 9.97 Å². The Morgan fingerprint density at radius 2 is 1.90 bits per heavy atom. The van der Waals surface area contributed by atoms with Gasteiger partial charge in [-0.25, -0.2) is 14.6 Å². The maximum Gasteiger partial charge on any atom is 0.252 e. The minimum Gasteiger partial charge on any atom is -0.362 e. The van der Waals surface area contributed by atoms with Crippen molar-refractivity contribution in [3.8, 4) is 11.3 Å². The molecule has 40 heavy (non-hydrogen) atoms. The molecular formula is C30H38N8O2. The van der Waals surface area contributed by atoms with Crippen molar-refractivity contribution in [1.82, 2.24) is 34.9 Å². The largest absolute Gasteiger partial charge is 0.362 e. The molecule has 4 aromatic rings. The van der Waals surface area contributed by atoms with E-state index in [1.165, 1.54) is 0 Å².